The lowest BCUT2D eigenvalue weighted by Crippen LogP contribution is -2.30. The number of nitrogen functional groups attached to an aromatic ring is 1. The van der Waals surface area contributed by atoms with Gasteiger partial charge in [-0.2, -0.15) is 0 Å². The molecular formula is C13H15N3OS. The molecule has 0 atom stereocenters. The third-order valence-corrected chi connectivity index (χ3v) is 3.89. The van der Waals surface area contributed by atoms with Crippen molar-refractivity contribution in [3.05, 3.63) is 36.0 Å². The molecule has 2 heterocycles. The van der Waals surface area contributed by atoms with E-state index in [1.54, 1.807) is 23.4 Å². The minimum Gasteiger partial charge on any atom is -0.397 e. The van der Waals surface area contributed by atoms with Crippen molar-refractivity contribution < 1.29 is 4.79 Å². The van der Waals surface area contributed by atoms with E-state index >= 15 is 0 Å². The fourth-order valence-corrected chi connectivity index (χ4v) is 2.84. The number of fused-ring (bicyclic) bond motifs is 1. The van der Waals surface area contributed by atoms with E-state index in [2.05, 4.69) is 11.6 Å². The van der Waals surface area contributed by atoms with Crippen molar-refractivity contribution in [3.8, 4) is 0 Å². The Balaban J connectivity index is 2.44. The van der Waals surface area contributed by atoms with Gasteiger partial charge in [0.05, 0.1) is 10.4 Å². The number of aromatic nitrogens is 1. The van der Waals surface area contributed by atoms with E-state index in [1.165, 1.54) is 11.3 Å². The predicted molar refractivity (Wildman–Crippen MR) is 75.8 cm³/mol. The predicted octanol–water partition coefficient (Wildman–Crippen LogP) is 2.53. The molecule has 18 heavy (non-hydrogen) atoms. The van der Waals surface area contributed by atoms with Crippen molar-refractivity contribution in [2.45, 2.75) is 6.92 Å². The van der Waals surface area contributed by atoms with E-state index in [1.807, 2.05) is 13.0 Å². The summed E-state index contributed by atoms with van der Waals surface area (Å²) in [4.78, 5) is 18.7. The van der Waals surface area contributed by atoms with Gasteiger partial charge in [0.2, 0.25) is 0 Å². The highest BCUT2D eigenvalue weighted by molar-refractivity contribution is 7.21. The van der Waals surface area contributed by atoms with E-state index in [0.717, 1.165) is 10.1 Å². The number of nitrogens with zero attached hydrogens (tertiary/aromatic N) is 2. The summed E-state index contributed by atoms with van der Waals surface area (Å²) >= 11 is 1.39. The number of anilines is 1. The molecule has 4 nitrogen and oxygen atoms in total. The van der Waals surface area contributed by atoms with E-state index in [-0.39, 0.29) is 5.91 Å². The van der Waals surface area contributed by atoms with Crippen molar-refractivity contribution >= 4 is 33.0 Å². The average molecular weight is 261 g/mol. The summed E-state index contributed by atoms with van der Waals surface area (Å²) in [6.45, 7) is 6.76. The summed E-state index contributed by atoms with van der Waals surface area (Å²) in [6.07, 6.45) is 5.13. The first-order valence-corrected chi connectivity index (χ1v) is 6.52. The zero-order chi connectivity index (χ0) is 13.1. The van der Waals surface area contributed by atoms with E-state index in [0.29, 0.717) is 23.7 Å². The number of rotatable bonds is 4. The van der Waals surface area contributed by atoms with Crippen LogP contribution in [0.3, 0.4) is 0 Å². The lowest BCUT2D eigenvalue weighted by molar-refractivity contribution is 0.0788. The van der Waals surface area contributed by atoms with Gasteiger partial charge < -0.3 is 10.6 Å². The third-order valence-electron chi connectivity index (χ3n) is 2.74. The molecule has 94 valence electrons. The Morgan fingerprint density at radius 2 is 2.44 bits per heavy atom. The van der Waals surface area contributed by atoms with Gasteiger partial charge in [0.1, 0.15) is 4.88 Å². The Kier molecular flexibility index (Phi) is 3.62. The molecule has 0 radical (unpaired) electrons. The maximum absolute atomic E-state index is 12.3. The molecule has 1 amide bonds. The molecule has 0 aliphatic heterocycles. The fourth-order valence-electron chi connectivity index (χ4n) is 1.78. The van der Waals surface area contributed by atoms with Gasteiger partial charge in [-0.05, 0) is 13.0 Å². The highest BCUT2D eigenvalue weighted by Gasteiger charge is 2.20. The molecule has 2 rings (SSSR count). The first-order valence-electron chi connectivity index (χ1n) is 5.71. The lowest BCUT2D eigenvalue weighted by atomic mass is 10.2. The number of hydrogen-bond donors (Lipinski definition) is 1. The second kappa shape index (κ2) is 5.18. The number of hydrogen-bond acceptors (Lipinski definition) is 4. The highest BCUT2D eigenvalue weighted by atomic mass is 32.1. The van der Waals surface area contributed by atoms with E-state index < -0.39 is 0 Å². The molecule has 5 heteroatoms. The van der Waals surface area contributed by atoms with E-state index in [9.17, 15) is 4.79 Å². The van der Waals surface area contributed by atoms with Crippen LogP contribution in [-0.2, 0) is 0 Å². The van der Waals surface area contributed by atoms with Crippen LogP contribution < -0.4 is 5.73 Å². The second-order valence-corrected chi connectivity index (χ2v) is 4.90. The fraction of sp³-hybridized carbons (Fsp3) is 0.231. The Morgan fingerprint density at radius 1 is 1.67 bits per heavy atom. The number of carbonyl (C=O) groups is 1. The number of nitrogens with two attached hydrogens (primary N) is 1. The molecule has 0 spiro atoms. The molecule has 0 saturated carbocycles. The summed E-state index contributed by atoms with van der Waals surface area (Å²) in [5.74, 6) is -0.0453. The SMILES string of the molecule is C=CCN(CC)C(=O)c1sc2cnccc2c1N. The van der Waals surface area contributed by atoms with Gasteiger partial charge in [0, 0.05) is 30.9 Å². The normalized spacial score (nSPS) is 10.5. The molecule has 0 saturated heterocycles. The van der Waals surface area contributed by atoms with Gasteiger partial charge >= 0.3 is 0 Å². The van der Waals surface area contributed by atoms with Gasteiger partial charge in [0.15, 0.2) is 0 Å². The summed E-state index contributed by atoms with van der Waals surface area (Å²) in [5, 5.41) is 0.896. The van der Waals surface area contributed by atoms with Crippen LogP contribution in [0.2, 0.25) is 0 Å². The summed E-state index contributed by atoms with van der Waals surface area (Å²) in [6, 6.07) is 1.84. The number of carbonyl (C=O) groups excluding carboxylic acids is 1. The molecule has 2 N–H and O–H groups in total. The van der Waals surface area contributed by atoms with Crippen LogP contribution in [0.25, 0.3) is 10.1 Å². The Hall–Kier alpha value is -1.88. The molecule has 0 fully saturated rings. The highest BCUT2D eigenvalue weighted by Crippen LogP contribution is 2.33. The van der Waals surface area contributed by atoms with Crippen LogP contribution in [0.5, 0.6) is 0 Å². The Bertz CT molecular complexity index is 591. The largest absolute Gasteiger partial charge is 0.397 e. The van der Waals surface area contributed by atoms with Crippen LogP contribution in [0.15, 0.2) is 31.1 Å². The first-order chi connectivity index (χ1) is 8.69. The molecule has 2 aromatic rings. The summed E-state index contributed by atoms with van der Waals surface area (Å²) in [7, 11) is 0. The number of pyridine rings is 1. The monoisotopic (exact) mass is 261 g/mol. The minimum atomic E-state index is -0.0453. The smallest absolute Gasteiger partial charge is 0.266 e. The van der Waals surface area contributed by atoms with Crippen molar-refractivity contribution in [1.29, 1.82) is 0 Å². The molecule has 0 bridgehead atoms. The summed E-state index contributed by atoms with van der Waals surface area (Å²) < 4.78 is 0.938. The quantitative estimate of drug-likeness (QED) is 0.860. The van der Waals surface area contributed by atoms with Gasteiger partial charge in [-0.3, -0.25) is 9.78 Å². The first kappa shape index (κ1) is 12.6. The Labute approximate surface area is 110 Å². The maximum atomic E-state index is 12.3. The third kappa shape index (κ3) is 2.09. The molecular weight excluding hydrogens is 246 g/mol. The van der Waals surface area contributed by atoms with Crippen LogP contribution in [0, 0.1) is 0 Å². The molecule has 0 aromatic carbocycles. The van der Waals surface area contributed by atoms with Gasteiger partial charge in [0.25, 0.3) is 5.91 Å². The van der Waals surface area contributed by atoms with Crippen molar-refractivity contribution in [2.75, 3.05) is 18.8 Å². The number of thiophene rings is 1. The van der Waals surface area contributed by atoms with Gasteiger partial charge in [-0.15, -0.1) is 17.9 Å². The van der Waals surface area contributed by atoms with E-state index in [4.69, 9.17) is 5.73 Å². The minimum absolute atomic E-state index is 0.0453. The van der Waals surface area contributed by atoms with Crippen molar-refractivity contribution in [1.82, 2.24) is 9.88 Å². The Morgan fingerprint density at radius 3 is 3.06 bits per heavy atom. The average Bonchev–Trinajstić information content (AvgIpc) is 2.73. The zero-order valence-corrected chi connectivity index (χ0v) is 11.0. The van der Waals surface area contributed by atoms with Crippen molar-refractivity contribution in [2.24, 2.45) is 0 Å². The molecule has 0 aliphatic rings. The maximum Gasteiger partial charge on any atom is 0.266 e. The lowest BCUT2D eigenvalue weighted by Gasteiger charge is -2.18. The van der Waals surface area contributed by atoms with Crippen LogP contribution in [0.4, 0.5) is 5.69 Å². The second-order valence-electron chi connectivity index (χ2n) is 3.85. The molecule has 2 aromatic heterocycles. The molecule has 0 unspecified atom stereocenters. The summed E-state index contributed by atoms with van der Waals surface area (Å²) in [5.41, 5.74) is 6.58. The molecule has 0 aliphatic carbocycles. The van der Waals surface area contributed by atoms with Crippen LogP contribution in [-0.4, -0.2) is 28.9 Å². The van der Waals surface area contributed by atoms with Crippen LogP contribution >= 0.6 is 11.3 Å². The van der Waals surface area contributed by atoms with Gasteiger partial charge in [-0.1, -0.05) is 6.08 Å². The zero-order valence-electron chi connectivity index (χ0n) is 10.2. The van der Waals surface area contributed by atoms with Gasteiger partial charge in [-0.25, -0.2) is 0 Å². The van der Waals surface area contributed by atoms with Crippen molar-refractivity contribution in [3.63, 3.8) is 0 Å². The van der Waals surface area contributed by atoms with Crippen LogP contribution in [0.1, 0.15) is 16.6 Å². The number of amides is 1. The standard InChI is InChI=1S/C13H15N3OS/c1-3-7-16(4-2)13(17)12-11(14)9-5-6-15-8-10(9)18-12/h3,5-6,8H,1,4,7,14H2,2H3. The topological polar surface area (TPSA) is 59.2 Å². The number of likely N-dealkylation sites (N-methyl/N-ethyl adjacent to an activating group) is 1.